The van der Waals surface area contributed by atoms with Crippen LogP contribution in [0, 0.1) is 11.6 Å². The number of amidine groups is 1. The number of halogens is 2. The first-order chi connectivity index (χ1) is 20.6. The van der Waals surface area contributed by atoms with Crippen molar-refractivity contribution in [2.24, 2.45) is 4.99 Å². The van der Waals surface area contributed by atoms with Crippen molar-refractivity contribution in [2.45, 2.75) is 49.8 Å². The van der Waals surface area contributed by atoms with E-state index < -0.39 is 35.4 Å². The highest BCUT2D eigenvalue weighted by Crippen LogP contribution is 2.32. The van der Waals surface area contributed by atoms with E-state index in [2.05, 4.69) is 10.3 Å². The highest BCUT2D eigenvalue weighted by Gasteiger charge is 2.24. The smallest absolute Gasteiger partial charge is 0.311 e. The van der Waals surface area contributed by atoms with E-state index in [4.69, 9.17) is 5.11 Å². The molecule has 224 valence electrons. The molecule has 0 radical (unpaired) electrons. The Kier molecular flexibility index (Phi) is 11.1. The van der Waals surface area contributed by atoms with E-state index >= 15 is 4.39 Å². The summed E-state index contributed by atoms with van der Waals surface area (Å²) in [6, 6.07) is 16.6. The number of carbonyl (C=O) groups is 3. The summed E-state index contributed by atoms with van der Waals surface area (Å²) < 4.78 is 29.7. The van der Waals surface area contributed by atoms with Crippen molar-refractivity contribution < 1.29 is 33.4 Å². The van der Waals surface area contributed by atoms with E-state index in [1.54, 1.807) is 30.8 Å². The Morgan fingerprint density at radius 2 is 1.72 bits per heavy atom. The molecule has 3 aromatic carbocycles. The van der Waals surface area contributed by atoms with Gasteiger partial charge in [-0.3, -0.25) is 14.4 Å². The lowest BCUT2D eigenvalue weighted by atomic mass is 9.96. The summed E-state index contributed by atoms with van der Waals surface area (Å²) in [4.78, 5) is 39.7. The average Bonchev–Trinajstić information content (AvgIpc) is 3.31. The predicted molar refractivity (Wildman–Crippen MR) is 167 cm³/mol. The highest BCUT2D eigenvalue weighted by atomic mass is 32.2. The van der Waals surface area contributed by atoms with E-state index in [1.807, 2.05) is 24.3 Å². The van der Waals surface area contributed by atoms with Crippen LogP contribution in [0.25, 0.3) is 17.2 Å². The van der Waals surface area contributed by atoms with Gasteiger partial charge in [0.25, 0.3) is 5.91 Å². The number of benzene rings is 3. The molecule has 0 spiro atoms. The largest absolute Gasteiger partial charge is 0.481 e. The molecule has 0 aromatic heterocycles. The number of hydrogen-bond acceptors (Lipinski definition) is 6. The van der Waals surface area contributed by atoms with Crippen LogP contribution in [0.4, 0.5) is 14.5 Å². The summed E-state index contributed by atoms with van der Waals surface area (Å²) in [5.41, 5.74) is 2.14. The number of hydrogen-bond donors (Lipinski definition) is 3. The Morgan fingerprint density at radius 1 is 0.977 bits per heavy atom. The SMILES string of the molecule is CCC(C(=O)O)c1ccc(NC2=NC(=O)/C(=C\c3ccc(-c4ccc(SCCCCCC(=O)O)cc4)cc3F)S2)cc1F. The van der Waals surface area contributed by atoms with Gasteiger partial charge in [-0.05, 0) is 84.3 Å². The van der Waals surface area contributed by atoms with Crippen LogP contribution < -0.4 is 5.32 Å². The lowest BCUT2D eigenvalue weighted by molar-refractivity contribution is -0.139. The Balaban J connectivity index is 1.35. The quantitative estimate of drug-likeness (QED) is 0.0995. The molecule has 3 N–H and O–H groups in total. The standard InChI is InChI=1S/C32H30F2N2O5S2/c1-2-24(31(40)41)25-14-11-22(18-27(25)34)35-32-36-30(39)28(43-32)17-21-8-7-20(16-26(21)33)19-9-12-23(13-10-19)42-15-5-3-4-6-29(37)38/h7-14,16-18,24H,2-6,15H2,1H3,(H,37,38)(H,40,41)(H,35,36,39)/b28-17+. The Bertz CT molecular complexity index is 1570. The van der Waals surface area contributed by atoms with Crippen molar-refractivity contribution in [2.75, 3.05) is 11.1 Å². The lowest BCUT2D eigenvalue weighted by Crippen LogP contribution is -2.13. The van der Waals surface area contributed by atoms with E-state index in [0.717, 1.165) is 46.9 Å². The number of aliphatic carboxylic acids is 2. The van der Waals surface area contributed by atoms with Crippen LogP contribution in [0.1, 0.15) is 56.1 Å². The van der Waals surface area contributed by atoms with Crippen molar-refractivity contribution in [3.8, 4) is 11.1 Å². The molecule has 0 fully saturated rings. The fourth-order valence-corrected chi connectivity index (χ4v) is 6.19. The number of carbonyl (C=O) groups excluding carboxylic acids is 1. The summed E-state index contributed by atoms with van der Waals surface area (Å²) in [6.45, 7) is 1.67. The van der Waals surface area contributed by atoms with Gasteiger partial charge in [0.1, 0.15) is 11.6 Å². The predicted octanol–water partition coefficient (Wildman–Crippen LogP) is 8.03. The zero-order valence-electron chi connectivity index (χ0n) is 23.3. The van der Waals surface area contributed by atoms with Gasteiger partial charge in [-0.1, -0.05) is 43.7 Å². The first kappa shape index (κ1) is 32.0. The number of amides is 1. The summed E-state index contributed by atoms with van der Waals surface area (Å²) >= 11 is 2.69. The number of anilines is 1. The molecule has 43 heavy (non-hydrogen) atoms. The average molecular weight is 625 g/mol. The fraction of sp³-hybridized carbons (Fsp3) is 0.250. The number of unbranched alkanes of at least 4 members (excludes halogenated alkanes) is 2. The summed E-state index contributed by atoms with van der Waals surface area (Å²) in [6.07, 6.45) is 4.35. The Morgan fingerprint density at radius 3 is 2.37 bits per heavy atom. The number of aliphatic imine (C=N–C) groups is 1. The molecule has 3 aromatic rings. The van der Waals surface area contributed by atoms with Crippen LogP contribution in [0.3, 0.4) is 0 Å². The van der Waals surface area contributed by atoms with Crippen molar-refractivity contribution in [3.63, 3.8) is 0 Å². The van der Waals surface area contributed by atoms with Crippen LogP contribution in [0.2, 0.25) is 0 Å². The van der Waals surface area contributed by atoms with Gasteiger partial charge in [-0.2, -0.15) is 4.99 Å². The summed E-state index contributed by atoms with van der Waals surface area (Å²) in [5.74, 6) is -3.67. The molecule has 1 unspecified atom stereocenters. The molecule has 0 saturated carbocycles. The second-order valence-electron chi connectivity index (χ2n) is 9.81. The van der Waals surface area contributed by atoms with Gasteiger partial charge in [0.05, 0.1) is 10.8 Å². The van der Waals surface area contributed by atoms with Crippen LogP contribution in [0.15, 0.2) is 75.5 Å². The maximum atomic E-state index is 15.0. The third-order valence-electron chi connectivity index (χ3n) is 6.73. The van der Waals surface area contributed by atoms with Crippen molar-refractivity contribution in [3.05, 3.63) is 88.3 Å². The third kappa shape index (κ3) is 8.77. The molecule has 4 rings (SSSR count). The van der Waals surface area contributed by atoms with E-state index in [-0.39, 0.29) is 34.0 Å². The van der Waals surface area contributed by atoms with Crippen LogP contribution in [-0.4, -0.2) is 39.0 Å². The number of nitrogens with zero attached hydrogens (tertiary/aromatic N) is 1. The van der Waals surface area contributed by atoms with Crippen molar-refractivity contribution in [1.82, 2.24) is 0 Å². The number of carboxylic acid groups (broad SMARTS) is 2. The zero-order chi connectivity index (χ0) is 30.9. The van der Waals surface area contributed by atoms with Crippen LogP contribution >= 0.6 is 23.5 Å². The molecule has 0 saturated heterocycles. The Labute approximate surface area is 256 Å². The molecular weight excluding hydrogens is 594 g/mol. The van der Waals surface area contributed by atoms with Crippen molar-refractivity contribution >= 4 is 58.3 Å². The number of rotatable bonds is 13. The molecule has 1 heterocycles. The van der Waals surface area contributed by atoms with Crippen LogP contribution in [-0.2, 0) is 14.4 Å². The molecule has 11 heteroatoms. The Hall–Kier alpha value is -3.96. The second-order valence-corrected chi connectivity index (χ2v) is 12.0. The molecule has 7 nitrogen and oxygen atoms in total. The molecule has 0 aliphatic carbocycles. The normalized spacial score (nSPS) is 14.5. The second kappa shape index (κ2) is 15.0. The summed E-state index contributed by atoms with van der Waals surface area (Å²) in [7, 11) is 0. The van der Waals surface area contributed by atoms with E-state index in [1.165, 1.54) is 24.3 Å². The van der Waals surface area contributed by atoms with E-state index in [9.17, 15) is 23.9 Å². The van der Waals surface area contributed by atoms with Crippen LogP contribution in [0.5, 0.6) is 0 Å². The monoisotopic (exact) mass is 624 g/mol. The topological polar surface area (TPSA) is 116 Å². The van der Waals surface area contributed by atoms with Crippen molar-refractivity contribution in [1.29, 1.82) is 0 Å². The number of thioether (sulfide) groups is 2. The maximum Gasteiger partial charge on any atom is 0.311 e. The number of carboxylic acids is 2. The van der Waals surface area contributed by atoms with Gasteiger partial charge >= 0.3 is 11.9 Å². The van der Waals surface area contributed by atoms with Gasteiger partial charge < -0.3 is 15.5 Å². The minimum atomic E-state index is -1.11. The minimum absolute atomic E-state index is 0.0775. The molecule has 0 bridgehead atoms. The van der Waals surface area contributed by atoms with Gasteiger partial charge in [-0.25, -0.2) is 8.78 Å². The van der Waals surface area contributed by atoms with Gasteiger partial charge in [-0.15, -0.1) is 11.8 Å². The van der Waals surface area contributed by atoms with Gasteiger partial charge in [0, 0.05) is 28.1 Å². The lowest BCUT2D eigenvalue weighted by Gasteiger charge is -2.13. The molecular formula is C32H30F2N2O5S2. The third-order valence-corrected chi connectivity index (χ3v) is 8.73. The van der Waals surface area contributed by atoms with Gasteiger partial charge in [0.15, 0.2) is 5.17 Å². The minimum Gasteiger partial charge on any atom is -0.481 e. The molecule has 1 aliphatic heterocycles. The van der Waals surface area contributed by atoms with E-state index in [0.29, 0.717) is 17.7 Å². The molecule has 1 amide bonds. The zero-order valence-corrected chi connectivity index (χ0v) is 24.9. The summed E-state index contributed by atoms with van der Waals surface area (Å²) in [5, 5.41) is 21.1. The first-order valence-corrected chi connectivity index (χ1v) is 15.5. The number of nitrogens with one attached hydrogen (secondary N) is 1. The maximum absolute atomic E-state index is 15.0. The first-order valence-electron chi connectivity index (χ1n) is 13.7. The van der Waals surface area contributed by atoms with Gasteiger partial charge in [0.2, 0.25) is 0 Å². The highest BCUT2D eigenvalue weighted by molar-refractivity contribution is 8.18. The molecule has 1 aliphatic rings. The molecule has 1 atom stereocenters. The fourth-order valence-electron chi connectivity index (χ4n) is 4.45.